The zero-order valence-electron chi connectivity index (χ0n) is 13.4. The third-order valence-electron chi connectivity index (χ3n) is 4.51. The Morgan fingerprint density at radius 2 is 1.56 bits per heavy atom. The van der Waals surface area contributed by atoms with Crippen LogP contribution in [0.1, 0.15) is 32.4 Å². The van der Waals surface area contributed by atoms with E-state index in [2.05, 4.69) is 0 Å². The van der Waals surface area contributed by atoms with Crippen LogP contribution in [0.5, 0.6) is 0 Å². The van der Waals surface area contributed by atoms with E-state index >= 15 is 0 Å². The molecule has 0 N–H and O–H groups in total. The lowest BCUT2D eigenvalue weighted by Crippen LogP contribution is -2.41. The maximum Gasteiger partial charge on any atom is 0.262 e. The van der Waals surface area contributed by atoms with E-state index in [1.54, 1.807) is 24.3 Å². The van der Waals surface area contributed by atoms with Crippen LogP contribution in [0.3, 0.4) is 0 Å². The molecule has 4 rings (SSSR count). The molecule has 1 unspecified atom stereocenters. The van der Waals surface area contributed by atoms with Crippen molar-refractivity contribution < 1.29 is 19.1 Å². The van der Waals surface area contributed by atoms with Crippen molar-refractivity contribution in [2.75, 3.05) is 19.8 Å². The predicted octanol–water partition coefficient (Wildman–Crippen LogP) is 1.84. The summed E-state index contributed by atoms with van der Waals surface area (Å²) in [6, 6.07) is 16.3. The van der Waals surface area contributed by atoms with Crippen molar-refractivity contribution in [3.8, 4) is 0 Å². The number of hydrogen-bond acceptors (Lipinski definition) is 4. The van der Waals surface area contributed by atoms with E-state index in [0.29, 0.717) is 17.7 Å². The van der Waals surface area contributed by atoms with Gasteiger partial charge in [-0.15, -0.1) is 0 Å². The van der Waals surface area contributed by atoms with Crippen molar-refractivity contribution in [1.29, 1.82) is 0 Å². The maximum atomic E-state index is 12.5. The van der Waals surface area contributed by atoms with Crippen LogP contribution in [0.15, 0.2) is 54.6 Å². The monoisotopic (exact) mass is 336 g/mol. The third-order valence-corrected chi connectivity index (χ3v) is 4.51. The largest absolute Gasteiger partial charge is 0.351 e. The molecular weight excluding hydrogens is 320 g/mol. The molecular formula is C19H16N2O4. The highest BCUT2D eigenvalue weighted by atomic mass is 16.5. The van der Waals surface area contributed by atoms with Gasteiger partial charge in [0.25, 0.3) is 11.8 Å². The van der Waals surface area contributed by atoms with Gasteiger partial charge in [0.15, 0.2) is 0 Å². The molecule has 0 bridgehead atoms. The number of amides is 3. The number of imide groups is 1. The highest BCUT2D eigenvalue weighted by Gasteiger charge is 2.38. The fraction of sp³-hybridized carbons (Fsp3) is 0.211. The van der Waals surface area contributed by atoms with E-state index in [9.17, 15) is 14.4 Å². The molecule has 0 saturated carbocycles. The molecule has 0 aliphatic carbocycles. The van der Waals surface area contributed by atoms with Gasteiger partial charge in [0.05, 0.1) is 17.7 Å². The zero-order chi connectivity index (χ0) is 17.4. The van der Waals surface area contributed by atoms with Gasteiger partial charge in [-0.05, 0) is 17.7 Å². The number of hydrogen-bond donors (Lipinski definition) is 0. The second kappa shape index (κ2) is 6.14. The van der Waals surface area contributed by atoms with Crippen LogP contribution in [0.25, 0.3) is 0 Å². The summed E-state index contributed by atoms with van der Waals surface area (Å²) in [7, 11) is 0. The van der Waals surface area contributed by atoms with Gasteiger partial charge >= 0.3 is 0 Å². The summed E-state index contributed by atoms with van der Waals surface area (Å²) < 4.78 is 5.67. The van der Waals surface area contributed by atoms with Crippen LogP contribution < -0.4 is 0 Å². The summed E-state index contributed by atoms with van der Waals surface area (Å²) in [6.07, 6.45) is -0.188. The molecule has 1 atom stereocenters. The molecule has 2 aliphatic heterocycles. The fourth-order valence-electron chi connectivity index (χ4n) is 3.15. The minimum atomic E-state index is -0.423. The highest BCUT2D eigenvalue weighted by molar-refractivity contribution is 6.22. The maximum absolute atomic E-state index is 12.5. The molecule has 1 fully saturated rings. The second-order valence-electron chi connectivity index (χ2n) is 6.05. The normalized spacial score (nSPS) is 19.4. The number of fused-ring (bicyclic) bond motifs is 1. The zero-order valence-corrected chi connectivity index (χ0v) is 13.4. The number of carbonyl (C=O) groups is 3. The van der Waals surface area contributed by atoms with Gasteiger partial charge in [0.1, 0.15) is 19.4 Å². The Balaban J connectivity index is 1.44. The second-order valence-corrected chi connectivity index (χ2v) is 6.05. The van der Waals surface area contributed by atoms with E-state index in [1.165, 1.54) is 4.90 Å². The van der Waals surface area contributed by atoms with Crippen molar-refractivity contribution in [1.82, 2.24) is 9.80 Å². The Morgan fingerprint density at radius 1 is 0.960 bits per heavy atom. The predicted molar refractivity (Wildman–Crippen MR) is 88.7 cm³/mol. The minimum absolute atomic E-state index is 0.154. The van der Waals surface area contributed by atoms with Crippen LogP contribution in [0.2, 0.25) is 0 Å². The number of ether oxygens (including phenoxy) is 1. The quantitative estimate of drug-likeness (QED) is 0.802. The first-order valence-electron chi connectivity index (χ1n) is 8.04. The van der Waals surface area contributed by atoms with Crippen molar-refractivity contribution in [3.05, 3.63) is 71.3 Å². The van der Waals surface area contributed by atoms with E-state index in [-0.39, 0.29) is 25.3 Å². The fourth-order valence-corrected chi connectivity index (χ4v) is 3.15. The molecule has 0 radical (unpaired) electrons. The van der Waals surface area contributed by atoms with Crippen LogP contribution >= 0.6 is 0 Å². The average molecular weight is 336 g/mol. The van der Waals surface area contributed by atoms with Gasteiger partial charge in [-0.1, -0.05) is 42.5 Å². The molecule has 25 heavy (non-hydrogen) atoms. The molecule has 2 aromatic rings. The van der Waals surface area contributed by atoms with Gasteiger partial charge in [0.2, 0.25) is 5.91 Å². The first-order chi connectivity index (χ1) is 12.1. The molecule has 1 saturated heterocycles. The molecule has 0 aromatic heterocycles. The van der Waals surface area contributed by atoms with Crippen LogP contribution in [0.4, 0.5) is 0 Å². The first-order valence-corrected chi connectivity index (χ1v) is 8.04. The summed E-state index contributed by atoms with van der Waals surface area (Å²) in [6.45, 7) is 0.296. The molecule has 0 spiro atoms. The van der Waals surface area contributed by atoms with Gasteiger partial charge in [-0.25, -0.2) is 0 Å². The molecule has 3 amide bonds. The van der Waals surface area contributed by atoms with E-state index in [4.69, 9.17) is 4.74 Å². The van der Waals surface area contributed by atoms with Crippen LogP contribution in [-0.4, -0.2) is 47.3 Å². The topological polar surface area (TPSA) is 66.9 Å². The Morgan fingerprint density at radius 3 is 2.20 bits per heavy atom. The standard InChI is InChI=1S/C19H16N2O4/c22-17(20-10-16(25-12-20)13-6-2-1-3-7-13)11-21-18(23)14-8-4-5-9-15(14)19(21)24/h1-9,16H,10-12H2. The molecule has 6 heteroatoms. The Hall–Kier alpha value is -2.99. The lowest BCUT2D eigenvalue weighted by molar-refractivity contribution is -0.131. The summed E-state index contributed by atoms with van der Waals surface area (Å²) in [5, 5.41) is 0. The Labute approximate surface area is 144 Å². The Kier molecular flexibility index (Phi) is 3.82. The van der Waals surface area contributed by atoms with Crippen LogP contribution in [-0.2, 0) is 9.53 Å². The van der Waals surface area contributed by atoms with Crippen molar-refractivity contribution in [2.45, 2.75) is 6.10 Å². The van der Waals surface area contributed by atoms with Gasteiger partial charge in [-0.3, -0.25) is 19.3 Å². The summed E-state index contributed by atoms with van der Waals surface area (Å²) >= 11 is 0. The first kappa shape index (κ1) is 15.5. The molecule has 2 aliphatic rings. The van der Waals surface area contributed by atoms with Gasteiger partial charge < -0.3 is 9.64 Å². The number of benzene rings is 2. The summed E-state index contributed by atoms with van der Waals surface area (Å²) in [5.74, 6) is -1.14. The third kappa shape index (κ3) is 2.70. The molecule has 6 nitrogen and oxygen atoms in total. The average Bonchev–Trinajstić information content (AvgIpc) is 3.23. The van der Waals surface area contributed by atoms with Crippen LogP contribution in [0, 0.1) is 0 Å². The van der Waals surface area contributed by atoms with Crippen molar-refractivity contribution >= 4 is 17.7 Å². The highest BCUT2D eigenvalue weighted by Crippen LogP contribution is 2.26. The van der Waals surface area contributed by atoms with Gasteiger partial charge in [-0.2, -0.15) is 0 Å². The molecule has 2 heterocycles. The SMILES string of the molecule is O=C(CN1C(=O)c2ccccc2C1=O)N1COC(c2ccccc2)C1. The Bertz CT molecular complexity index is 815. The molecule has 126 valence electrons. The lowest BCUT2D eigenvalue weighted by atomic mass is 10.1. The van der Waals surface area contributed by atoms with Crippen molar-refractivity contribution in [3.63, 3.8) is 0 Å². The molecule has 2 aromatic carbocycles. The van der Waals surface area contributed by atoms with Crippen molar-refractivity contribution in [2.24, 2.45) is 0 Å². The number of rotatable bonds is 3. The van der Waals surface area contributed by atoms with Gasteiger partial charge in [0, 0.05) is 0 Å². The smallest absolute Gasteiger partial charge is 0.262 e. The van der Waals surface area contributed by atoms with E-state index < -0.39 is 11.8 Å². The minimum Gasteiger partial charge on any atom is -0.351 e. The lowest BCUT2D eigenvalue weighted by Gasteiger charge is -2.18. The summed E-state index contributed by atoms with van der Waals surface area (Å²) in [5.41, 5.74) is 1.69. The number of nitrogens with zero attached hydrogens (tertiary/aromatic N) is 2. The van der Waals surface area contributed by atoms with E-state index in [0.717, 1.165) is 10.5 Å². The summed E-state index contributed by atoms with van der Waals surface area (Å²) in [4.78, 5) is 39.7. The number of carbonyl (C=O) groups excluding carboxylic acids is 3. The van der Waals surface area contributed by atoms with E-state index in [1.807, 2.05) is 30.3 Å².